The van der Waals surface area contributed by atoms with Crippen molar-refractivity contribution in [1.82, 2.24) is 0 Å². The molecule has 20 heavy (non-hydrogen) atoms. The van der Waals surface area contributed by atoms with Crippen molar-refractivity contribution in [3.8, 4) is 5.75 Å². The van der Waals surface area contributed by atoms with Crippen LogP contribution in [0.3, 0.4) is 0 Å². The van der Waals surface area contributed by atoms with Crippen molar-refractivity contribution in [3.05, 3.63) is 34.6 Å². The number of benzene rings is 1. The summed E-state index contributed by atoms with van der Waals surface area (Å²) in [6.45, 7) is 0.986. The van der Waals surface area contributed by atoms with Gasteiger partial charge < -0.3 is 30.6 Å². The van der Waals surface area contributed by atoms with Crippen LogP contribution >= 0.6 is 0 Å². The number of carboxylic acid groups (broad SMARTS) is 1. The third-order valence-electron chi connectivity index (χ3n) is 2.06. The minimum atomic E-state index is -1.41. The van der Waals surface area contributed by atoms with Gasteiger partial charge >= 0.3 is 51.4 Å². The predicted octanol–water partition coefficient (Wildman–Crippen LogP) is -6.60. The molecule has 0 saturated carbocycles. The minimum absolute atomic E-state index is 0. The zero-order chi connectivity index (χ0) is 13.5. The Balaban J connectivity index is 0. The van der Waals surface area contributed by atoms with Crippen molar-refractivity contribution in [2.75, 3.05) is 13.1 Å². The molecule has 0 aliphatic carbocycles. The summed E-state index contributed by atoms with van der Waals surface area (Å²) in [7, 11) is 0. The molecular weight excluding hydrogens is 291 g/mol. The second-order valence-electron chi connectivity index (χ2n) is 3.65. The third-order valence-corrected chi connectivity index (χ3v) is 2.06. The van der Waals surface area contributed by atoms with Crippen LogP contribution in [0.25, 0.3) is 5.32 Å². The van der Waals surface area contributed by atoms with Crippen LogP contribution in [0.1, 0.15) is 11.1 Å². The summed E-state index contributed by atoms with van der Waals surface area (Å²) in [6.07, 6.45) is 1.40. The van der Waals surface area contributed by atoms with Crippen LogP contribution in [0.4, 0.5) is 0 Å². The molecule has 104 valence electrons. The first-order chi connectivity index (χ1) is 8.49. The van der Waals surface area contributed by atoms with Crippen LogP contribution in [0.15, 0.2) is 18.2 Å². The maximum absolute atomic E-state index is 11.5. The van der Waals surface area contributed by atoms with Crippen LogP contribution in [0.5, 0.6) is 5.75 Å². The van der Waals surface area contributed by atoms with E-state index in [-0.39, 0.29) is 69.2 Å². The van der Waals surface area contributed by atoms with E-state index in [1.165, 1.54) is 12.3 Å². The Morgan fingerprint density at radius 2 is 2.05 bits per heavy atom. The van der Waals surface area contributed by atoms with Crippen molar-refractivity contribution < 1.29 is 81.7 Å². The summed E-state index contributed by atoms with van der Waals surface area (Å²) in [5.41, 5.74) is 1.28. The second kappa shape index (κ2) is 10.9. The molecule has 0 unspecified atom stereocenters. The maximum atomic E-state index is 11.5. The normalized spacial score (nSPS) is 9.45. The number of carboxylic acids is 1. The number of rotatable bonds is 5. The monoisotopic (exact) mass is 305 g/mol. The Bertz CT molecular complexity index is 491. The van der Waals surface area contributed by atoms with E-state index in [0.717, 1.165) is 5.56 Å². The molecule has 1 aromatic rings. The number of aryl methyl sites for hydroxylation is 1. The number of nitrogens with one attached hydrogen (secondary N) is 1. The fourth-order valence-electron chi connectivity index (χ4n) is 1.22. The van der Waals surface area contributed by atoms with Gasteiger partial charge in [-0.05, 0) is 13.0 Å². The summed E-state index contributed by atoms with van der Waals surface area (Å²) in [5, 5.41) is 24.7. The van der Waals surface area contributed by atoms with Gasteiger partial charge in [-0.3, -0.25) is 0 Å². The number of nitrogens with zero attached hydrogens (tertiary/aromatic N) is 1. The summed E-state index contributed by atoms with van der Waals surface area (Å²) in [5.74, 6) is -2.18. The summed E-state index contributed by atoms with van der Waals surface area (Å²) in [6, 6.07) is 4.89. The smallest absolute Gasteiger partial charge is 0.872 e. The Kier molecular flexibility index (Phi) is 11.8. The molecule has 1 amide bonds. The van der Waals surface area contributed by atoms with E-state index in [2.05, 4.69) is 10.3 Å². The SMILES string of the molecule is Cc1ccc(C=[NH+]CC(=O)[N-]CC(=O)[O-])c([O-])c1.O.[K+]. The van der Waals surface area contributed by atoms with Crippen molar-refractivity contribution >= 4 is 18.1 Å². The van der Waals surface area contributed by atoms with Crippen LogP contribution < -0.4 is 66.6 Å². The number of aliphatic carboxylic acids is 1. The molecule has 0 fully saturated rings. The van der Waals surface area contributed by atoms with Gasteiger partial charge in [0.05, 0.1) is 0 Å². The zero-order valence-corrected chi connectivity index (χ0v) is 14.4. The first-order valence-electron chi connectivity index (χ1n) is 5.23. The number of carbonyl (C=O) groups excluding carboxylic acids is 2. The molecule has 0 aliphatic heterocycles. The fraction of sp³-hybridized carbons (Fsp3) is 0.250. The Hall–Kier alpha value is -0.774. The summed E-state index contributed by atoms with van der Waals surface area (Å²) in [4.78, 5) is 23.7. The van der Waals surface area contributed by atoms with E-state index in [4.69, 9.17) is 0 Å². The molecule has 0 radical (unpaired) electrons. The van der Waals surface area contributed by atoms with Gasteiger partial charge in [-0.25, -0.2) is 4.99 Å². The largest absolute Gasteiger partial charge is 1.00 e. The van der Waals surface area contributed by atoms with Crippen molar-refractivity contribution in [3.63, 3.8) is 0 Å². The van der Waals surface area contributed by atoms with Gasteiger partial charge in [0.1, 0.15) is 5.91 Å². The third kappa shape index (κ3) is 8.41. The summed E-state index contributed by atoms with van der Waals surface area (Å²) >= 11 is 0. The number of hydrogen-bond acceptors (Lipinski definition) is 4. The standard InChI is InChI=1S/C12H14N2O4.K.H2O/c1-8-2-3-9(10(15)4-8)5-13-6-11(16)14-7-12(17)18;;/h2-5H,6-7H2,1H3,(H3,13,14,15,16,17,18);;1H2/q;+1;/p-2. The summed E-state index contributed by atoms with van der Waals surface area (Å²) < 4.78 is 0. The van der Waals surface area contributed by atoms with Gasteiger partial charge in [-0.2, -0.15) is 0 Å². The molecule has 0 heterocycles. The van der Waals surface area contributed by atoms with Crippen LogP contribution in [-0.2, 0) is 9.59 Å². The van der Waals surface area contributed by atoms with E-state index in [9.17, 15) is 19.8 Å². The zero-order valence-electron chi connectivity index (χ0n) is 11.3. The van der Waals surface area contributed by atoms with Crippen molar-refractivity contribution in [2.45, 2.75) is 6.92 Å². The van der Waals surface area contributed by atoms with Crippen molar-refractivity contribution in [1.29, 1.82) is 0 Å². The topological polar surface area (TPSA) is 140 Å². The van der Waals surface area contributed by atoms with Gasteiger partial charge in [0.25, 0.3) is 0 Å². The average molecular weight is 305 g/mol. The van der Waals surface area contributed by atoms with E-state index in [1.807, 2.05) is 0 Å². The molecule has 0 saturated heterocycles. The Morgan fingerprint density at radius 3 is 2.60 bits per heavy atom. The molecule has 0 atom stereocenters. The molecular formula is C12H14KN2O5-. The van der Waals surface area contributed by atoms with Gasteiger partial charge in [0.15, 0.2) is 12.8 Å². The van der Waals surface area contributed by atoms with E-state index in [1.54, 1.807) is 19.1 Å². The van der Waals surface area contributed by atoms with Gasteiger partial charge in [0, 0.05) is 11.5 Å². The van der Waals surface area contributed by atoms with E-state index in [0.29, 0.717) is 5.56 Å². The average Bonchev–Trinajstić information content (AvgIpc) is 2.29. The Labute approximate surface area is 158 Å². The molecule has 8 heteroatoms. The van der Waals surface area contributed by atoms with Crippen LogP contribution in [-0.4, -0.2) is 36.7 Å². The molecule has 0 aromatic heterocycles. The number of amides is 1. The second-order valence-corrected chi connectivity index (χ2v) is 3.65. The van der Waals surface area contributed by atoms with Gasteiger partial charge in [0.2, 0.25) is 0 Å². The number of hydrogen-bond donors (Lipinski definition) is 1. The molecule has 0 aliphatic rings. The molecule has 7 nitrogen and oxygen atoms in total. The first-order valence-corrected chi connectivity index (χ1v) is 5.23. The Morgan fingerprint density at radius 1 is 1.40 bits per heavy atom. The van der Waals surface area contributed by atoms with Crippen molar-refractivity contribution in [2.24, 2.45) is 0 Å². The number of carbonyl (C=O) groups is 2. The maximum Gasteiger partial charge on any atom is 1.00 e. The first kappa shape index (κ1) is 21.5. The van der Waals surface area contributed by atoms with E-state index >= 15 is 0 Å². The molecule has 1 rings (SSSR count). The molecule has 1 aromatic carbocycles. The van der Waals surface area contributed by atoms with Gasteiger partial charge in [-0.15, -0.1) is 0 Å². The fourth-order valence-corrected chi connectivity index (χ4v) is 1.22. The predicted molar refractivity (Wildman–Crippen MR) is 63.5 cm³/mol. The molecule has 0 spiro atoms. The quantitative estimate of drug-likeness (QED) is 0.426. The van der Waals surface area contributed by atoms with E-state index < -0.39 is 18.4 Å². The van der Waals surface area contributed by atoms with Crippen LogP contribution in [0, 0.1) is 6.92 Å². The van der Waals surface area contributed by atoms with Crippen LogP contribution in [0.2, 0.25) is 0 Å². The van der Waals surface area contributed by atoms with Gasteiger partial charge in [-0.1, -0.05) is 30.0 Å². The minimum Gasteiger partial charge on any atom is -0.872 e. The molecule has 0 bridgehead atoms. The molecule has 3 N–H and O–H groups in total.